The van der Waals surface area contributed by atoms with Crippen molar-refractivity contribution >= 4 is 9.84 Å². The van der Waals surface area contributed by atoms with Crippen LogP contribution in [-0.2, 0) is 14.6 Å². The van der Waals surface area contributed by atoms with Crippen LogP contribution in [0.5, 0.6) is 0 Å². The molecule has 2 aliphatic heterocycles. The molecule has 0 aromatic rings. The van der Waals surface area contributed by atoms with Gasteiger partial charge in [0.1, 0.15) is 0 Å². The van der Waals surface area contributed by atoms with Crippen LogP contribution >= 0.6 is 0 Å². The third-order valence-electron chi connectivity index (χ3n) is 4.23. The lowest BCUT2D eigenvalue weighted by Gasteiger charge is -2.36. The Morgan fingerprint density at radius 3 is 2.55 bits per heavy atom. The highest BCUT2D eigenvalue weighted by Crippen LogP contribution is 2.29. The molecule has 1 N–H and O–H groups in total. The van der Waals surface area contributed by atoms with E-state index >= 15 is 0 Å². The number of sulfone groups is 1. The fourth-order valence-corrected chi connectivity index (χ4v) is 4.26. The summed E-state index contributed by atoms with van der Waals surface area (Å²) in [5, 5.41) is 3.55. The van der Waals surface area contributed by atoms with E-state index in [4.69, 9.17) is 4.74 Å². The Hall–Kier alpha value is -0.170. The summed E-state index contributed by atoms with van der Waals surface area (Å²) in [6, 6.07) is 0. The van der Waals surface area contributed by atoms with Gasteiger partial charge in [0.05, 0.1) is 18.1 Å². The van der Waals surface area contributed by atoms with Crippen LogP contribution in [0.2, 0.25) is 0 Å². The second-order valence-corrected chi connectivity index (χ2v) is 9.06. The first-order valence-corrected chi connectivity index (χ1v) is 9.44. The zero-order valence-electron chi connectivity index (χ0n) is 12.7. The summed E-state index contributed by atoms with van der Waals surface area (Å²) >= 11 is 0. The van der Waals surface area contributed by atoms with E-state index < -0.39 is 9.84 Å². The summed E-state index contributed by atoms with van der Waals surface area (Å²) in [5.41, 5.74) is 0.163. The number of hydrogen-bond acceptors (Lipinski definition) is 5. The maximum absolute atomic E-state index is 11.5. The van der Waals surface area contributed by atoms with E-state index in [0.29, 0.717) is 30.5 Å². The van der Waals surface area contributed by atoms with Crippen LogP contribution in [0.1, 0.15) is 20.3 Å². The van der Waals surface area contributed by atoms with Crippen molar-refractivity contribution in [1.82, 2.24) is 10.2 Å². The van der Waals surface area contributed by atoms with Gasteiger partial charge in [-0.25, -0.2) is 8.42 Å². The molecule has 1 unspecified atom stereocenters. The topological polar surface area (TPSA) is 58.6 Å². The normalized spacial score (nSPS) is 30.9. The largest absolute Gasteiger partial charge is 0.381 e. The maximum Gasteiger partial charge on any atom is 0.152 e. The van der Waals surface area contributed by atoms with Crippen molar-refractivity contribution in [3.8, 4) is 0 Å². The number of nitrogens with zero attached hydrogens (tertiary/aromatic N) is 1. The van der Waals surface area contributed by atoms with Gasteiger partial charge in [-0.15, -0.1) is 0 Å². The van der Waals surface area contributed by atoms with Gasteiger partial charge in [-0.2, -0.15) is 0 Å². The molecule has 2 aliphatic rings. The monoisotopic (exact) mass is 304 g/mol. The van der Waals surface area contributed by atoms with Crippen LogP contribution in [0.25, 0.3) is 0 Å². The van der Waals surface area contributed by atoms with Crippen molar-refractivity contribution < 1.29 is 13.2 Å². The Morgan fingerprint density at radius 1 is 1.30 bits per heavy atom. The summed E-state index contributed by atoms with van der Waals surface area (Å²) in [6.07, 6.45) is 1.07. The first kappa shape index (κ1) is 16.2. The van der Waals surface area contributed by atoms with Crippen LogP contribution in [0.3, 0.4) is 0 Å². The predicted octanol–water partition coefficient (Wildman–Crippen LogP) is 0.369. The molecule has 0 aliphatic carbocycles. The van der Waals surface area contributed by atoms with Crippen molar-refractivity contribution in [3.63, 3.8) is 0 Å². The molecule has 1 atom stereocenters. The molecule has 0 aromatic heterocycles. The highest BCUT2D eigenvalue weighted by Gasteiger charge is 2.37. The first-order valence-electron chi connectivity index (χ1n) is 7.62. The molecule has 2 saturated heterocycles. The van der Waals surface area contributed by atoms with Gasteiger partial charge in [0.25, 0.3) is 0 Å². The summed E-state index contributed by atoms with van der Waals surface area (Å²) < 4.78 is 28.6. The number of rotatable bonds is 6. The smallest absolute Gasteiger partial charge is 0.152 e. The quantitative estimate of drug-likeness (QED) is 0.768. The molecule has 0 aromatic carbocycles. The Morgan fingerprint density at radius 2 is 2.00 bits per heavy atom. The zero-order valence-corrected chi connectivity index (χ0v) is 13.5. The minimum absolute atomic E-state index is 0.163. The second kappa shape index (κ2) is 6.73. The van der Waals surface area contributed by atoms with E-state index in [1.54, 1.807) is 0 Å². The molecule has 2 fully saturated rings. The minimum atomic E-state index is -2.79. The van der Waals surface area contributed by atoms with Gasteiger partial charge in [0.15, 0.2) is 9.84 Å². The SMILES string of the molecule is CC(C)CNCC1(CN2CCS(=O)(=O)CC2)CCOC1. The van der Waals surface area contributed by atoms with Crippen molar-refractivity contribution in [1.29, 1.82) is 0 Å². The van der Waals surface area contributed by atoms with Crippen molar-refractivity contribution in [2.24, 2.45) is 11.3 Å². The van der Waals surface area contributed by atoms with Crippen LogP contribution in [0.4, 0.5) is 0 Å². The third-order valence-corrected chi connectivity index (χ3v) is 5.84. The van der Waals surface area contributed by atoms with E-state index in [2.05, 4.69) is 24.1 Å². The van der Waals surface area contributed by atoms with Crippen LogP contribution in [-0.4, -0.2) is 70.8 Å². The van der Waals surface area contributed by atoms with Gasteiger partial charge in [-0.3, -0.25) is 0 Å². The van der Waals surface area contributed by atoms with E-state index in [1.165, 1.54) is 0 Å². The van der Waals surface area contributed by atoms with E-state index in [1.807, 2.05) is 0 Å². The Bertz CT molecular complexity index is 389. The lowest BCUT2D eigenvalue weighted by atomic mass is 9.86. The molecular formula is C14H28N2O3S. The fraction of sp³-hybridized carbons (Fsp3) is 1.00. The summed E-state index contributed by atoms with van der Waals surface area (Å²) in [6.45, 7) is 10.3. The molecule has 2 rings (SSSR count). The first-order chi connectivity index (χ1) is 9.41. The molecule has 0 amide bonds. The van der Waals surface area contributed by atoms with Gasteiger partial charge in [0.2, 0.25) is 0 Å². The molecule has 6 heteroatoms. The van der Waals surface area contributed by atoms with Gasteiger partial charge < -0.3 is 15.0 Å². The van der Waals surface area contributed by atoms with Crippen molar-refractivity contribution in [2.75, 3.05) is 57.4 Å². The van der Waals surface area contributed by atoms with E-state index in [9.17, 15) is 8.42 Å². The average Bonchev–Trinajstić information content (AvgIpc) is 2.80. The predicted molar refractivity (Wildman–Crippen MR) is 80.7 cm³/mol. The molecule has 0 spiro atoms. The molecule has 0 saturated carbocycles. The fourth-order valence-electron chi connectivity index (χ4n) is 2.98. The number of hydrogen-bond donors (Lipinski definition) is 1. The Kier molecular flexibility index (Phi) is 5.45. The average molecular weight is 304 g/mol. The molecule has 0 bridgehead atoms. The van der Waals surface area contributed by atoms with Gasteiger partial charge in [0, 0.05) is 38.2 Å². The van der Waals surface area contributed by atoms with Crippen LogP contribution < -0.4 is 5.32 Å². The summed E-state index contributed by atoms with van der Waals surface area (Å²) in [7, 11) is -2.79. The van der Waals surface area contributed by atoms with Crippen LogP contribution in [0.15, 0.2) is 0 Å². The molecular weight excluding hydrogens is 276 g/mol. The summed E-state index contributed by atoms with van der Waals surface area (Å²) in [5.74, 6) is 1.27. The van der Waals surface area contributed by atoms with Crippen molar-refractivity contribution in [3.05, 3.63) is 0 Å². The minimum Gasteiger partial charge on any atom is -0.381 e. The van der Waals surface area contributed by atoms with Gasteiger partial charge in [-0.05, 0) is 18.9 Å². The van der Waals surface area contributed by atoms with Gasteiger partial charge in [-0.1, -0.05) is 13.8 Å². The molecule has 20 heavy (non-hydrogen) atoms. The maximum atomic E-state index is 11.5. The highest BCUT2D eigenvalue weighted by atomic mass is 32.2. The highest BCUT2D eigenvalue weighted by molar-refractivity contribution is 7.91. The third kappa shape index (κ3) is 4.69. The van der Waals surface area contributed by atoms with Crippen LogP contribution in [0, 0.1) is 11.3 Å². The number of ether oxygens (including phenoxy) is 1. The lowest BCUT2D eigenvalue weighted by molar-refractivity contribution is 0.111. The molecule has 0 radical (unpaired) electrons. The van der Waals surface area contributed by atoms with E-state index in [0.717, 1.165) is 39.3 Å². The second-order valence-electron chi connectivity index (χ2n) is 6.76. The lowest BCUT2D eigenvalue weighted by Crippen LogP contribution is -2.49. The Balaban J connectivity index is 1.86. The van der Waals surface area contributed by atoms with Gasteiger partial charge >= 0.3 is 0 Å². The summed E-state index contributed by atoms with van der Waals surface area (Å²) in [4.78, 5) is 2.30. The molecule has 2 heterocycles. The molecule has 118 valence electrons. The standard InChI is InChI=1S/C14H28N2O3S/c1-13(2)9-15-10-14(3-6-19-12-14)11-16-4-7-20(17,18)8-5-16/h13,15H,3-12H2,1-2H3. The zero-order chi connectivity index (χ0) is 14.6. The van der Waals surface area contributed by atoms with E-state index in [-0.39, 0.29) is 5.41 Å². The Labute approximate surface area is 123 Å². The van der Waals surface area contributed by atoms with Crippen molar-refractivity contribution in [2.45, 2.75) is 20.3 Å². The molecule has 5 nitrogen and oxygen atoms in total. The number of nitrogens with one attached hydrogen (secondary N) is 1.